The summed E-state index contributed by atoms with van der Waals surface area (Å²) >= 11 is 1.83. The Balaban J connectivity index is 0.00000196. The Morgan fingerprint density at radius 2 is 2.19 bits per heavy atom. The van der Waals surface area contributed by atoms with Gasteiger partial charge in [-0.1, -0.05) is 12.1 Å². The summed E-state index contributed by atoms with van der Waals surface area (Å²) < 4.78 is 2.04. The number of hydrogen-bond acceptors (Lipinski definition) is 5. The van der Waals surface area contributed by atoms with Crippen molar-refractivity contribution in [3.63, 3.8) is 0 Å². The van der Waals surface area contributed by atoms with Gasteiger partial charge >= 0.3 is 0 Å². The van der Waals surface area contributed by atoms with Gasteiger partial charge in [0.25, 0.3) is 0 Å². The van der Waals surface area contributed by atoms with E-state index in [9.17, 15) is 4.79 Å². The minimum absolute atomic E-state index is 0. The predicted molar refractivity (Wildman–Crippen MR) is 107 cm³/mol. The number of benzene rings is 1. The molecule has 26 heavy (non-hydrogen) atoms. The van der Waals surface area contributed by atoms with Gasteiger partial charge in [0.05, 0.1) is 18.3 Å². The fourth-order valence-electron chi connectivity index (χ4n) is 3.58. The first kappa shape index (κ1) is 19.2. The molecule has 1 amide bonds. The molecule has 0 saturated carbocycles. The van der Waals surface area contributed by atoms with Crippen LogP contribution in [0, 0.1) is 0 Å². The number of anilines is 1. The number of nitrogens with one attached hydrogen (secondary N) is 1. The van der Waals surface area contributed by atoms with E-state index in [0.29, 0.717) is 6.54 Å². The van der Waals surface area contributed by atoms with Crippen molar-refractivity contribution < 1.29 is 4.79 Å². The molecule has 0 radical (unpaired) electrons. The highest BCUT2D eigenvalue weighted by atomic mass is 35.5. The lowest BCUT2D eigenvalue weighted by molar-refractivity contribution is -0.120. The quantitative estimate of drug-likeness (QED) is 0.863. The van der Waals surface area contributed by atoms with Crippen LogP contribution in [-0.2, 0) is 11.8 Å². The molecule has 8 heteroatoms. The summed E-state index contributed by atoms with van der Waals surface area (Å²) in [6.45, 7) is 3.79. The first-order valence-corrected chi connectivity index (χ1v) is 9.67. The van der Waals surface area contributed by atoms with Gasteiger partial charge in [0.2, 0.25) is 5.91 Å². The second-order valence-corrected chi connectivity index (χ2v) is 7.59. The molecule has 0 spiro atoms. The predicted octanol–water partition coefficient (Wildman–Crippen LogP) is 1.93. The average molecular weight is 394 g/mol. The number of aromatic nitrogens is 2. The third-order valence-corrected chi connectivity index (χ3v) is 5.92. The molecule has 2 aliphatic rings. The van der Waals surface area contributed by atoms with Crippen LogP contribution in [0.4, 0.5) is 5.69 Å². The van der Waals surface area contributed by atoms with Gasteiger partial charge in [0.1, 0.15) is 5.82 Å². The zero-order chi connectivity index (χ0) is 17.2. The molecule has 2 aromatic rings. The monoisotopic (exact) mass is 393 g/mol. The zero-order valence-electron chi connectivity index (χ0n) is 14.8. The normalized spacial score (nSPS) is 20.3. The smallest absolute Gasteiger partial charge is 0.241 e. The molecule has 1 aromatic heterocycles. The first-order valence-electron chi connectivity index (χ1n) is 8.68. The Bertz CT molecular complexity index is 768. The van der Waals surface area contributed by atoms with Gasteiger partial charge in [0.15, 0.2) is 0 Å². The van der Waals surface area contributed by atoms with Crippen molar-refractivity contribution in [1.29, 1.82) is 0 Å². The molecule has 1 fully saturated rings. The minimum Gasteiger partial charge on any atom is -0.337 e. The van der Waals surface area contributed by atoms with Gasteiger partial charge in [-0.25, -0.2) is 4.98 Å². The summed E-state index contributed by atoms with van der Waals surface area (Å²) in [5.41, 5.74) is 1.05. The fourth-order valence-corrected chi connectivity index (χ4v) is 4.57. The van der Waals surface area contributed by atoms with E-state index in [2.05, 4.69) is 21.3 Å². The van der Waals surface area contributed by atoms with Crippen LogP contribution in [-0.4, -0.2) is 58.8 Å². The van der Waals surface area contributed by atoms with E-state index in [1.54, 1.807) is 0 Å². The van der Waals surface area contributed by atoms with E-state index in [0.717, 1.165) is 43.4 Å². The largest absolute Gasteiger partial charge is 0.337 e. The van der Waals surface area contributed by atoms with Crippen molar-refractivity contribution in [2.45, 2.75) is 10.9 Å². The van der Waals surface area contributed by atoms with E-state index in [4.69, 9.17) is 0 Å². The lowest BCUT2D eigenvalue weighted by Crippen LogP contribution is -2.51. The Labute approximate surface area is 164 Å². The van der Waals surface area contributed by atoms with E-state index >= 15 is 0 Å². The maximum atomic E-state index is 13.1. The van der Waals surface area contributed by atoms with Crippen LogP contribution in [0.15, 0.2) is 41.6 Å². The summed E-state index contributed by atoms with van der Waals surface area (Å²) in [6.07, 6.45) is 3.78. The summed E-state index contributed by atoms with van der Waals surface area (Å²) in [5, 5.41) is 3.43. The maximum Gasteiger partial charge on any atom is 0.241 e. The molecule has 4 rings (SSSR count). The number of aryl methyl sites for hydroxylation is 1. The molecule has 1 atom stereocenters. The van der Waals surface area contributed by atoms with Crippen molar-refractivity contribution >= 4 is 35.8 Å². The molecule has 1 unspecified atom stereocenters. The number of imidazole rings is 1. The number of fused-ring (bicyclic) bond motifs is 1. The van der Waals surface area contributed by atoms with Crippen LogP contribution in [0.3, 0.4) is 0 Å². The van der Waals surface area contributed by atoms with Crippen LogP contribution in [0.5, 0.6) is 0 Å². The second-order valence-electron chi connectivity index (χ2n) is 6.45. The minimum atomic E-state index is 0. The number of carbonyl (C=O) groups is 1. The number of piperazine rings is 1. The van der Waals surface area contributed by atoms with Crippen LogP contribution in [0.2, 0.25) is 0 Å². The lowest BCUT2D eigenvalue weighted by Gasteiger charge is -2.37. The van der Waals surface area contributed by atoms with Crippen LogP contribution in [0.25, 0.3) is 0 Å². The first-order chi connectivity index (χ1) is 12.2. The Kier molecular flexibility index (Phi) is 6.24. The van der Waals surface area contributed by atoms with E-state index in [1.165, 1.54) is 4.90 Å². The lowest BCUT2D eigenvalue weighted by atomic mass is 10.1. The third kappa shape index (κ3) is 3.76. The van der Waals surface area contributed by atoms with Crippen LogP contribution >= 0.6 is 24.2 Å². The zero-order valence-corrected chi connectivity index (χ0v) is 16.4. The molecule has 1 aromatic carbocycles. The molecule has 140 valence electrons. The molecule has 1 N–H and O–H groups in total. The summed E-state index contributed by atoms with van der Waals surface area (Å²) in [6, 6.07) is 8.32. The maximum absolute atomic E-state index is 13.1. The topological polar surface area (TPSA) is 53.4 Å². The van der Waals surface area contributed by atoms with Gasteiger partial charge < -0.3 is 14.8 Å². The van der Waals surface area contributed by atoms with Gasteiger partial charge in [0, 0.05) is 56.3 Å². The summed E-state index contributed by atoms with van der Waals surface area (Å²) in [7, 11) is 2.01. The number of halogens is 1. The Morgan fingerprint density at radius 1 is 1.35 bits per heavy atom. The van der Waals surface area contributed by atoms with Gasteiger partial charge in [-0.3, -0.25) is 9.69 Å². The molecule has 2 aliphatic heterocycles. The number of amides is 1. The van der Waals surface area contributed by atoms with Crippen molar-refractivity contribution in [2.24, 2.45) is 7.05 Å². The number of rotatable bonds is 3. The number of thioether (sulfide) groups is 1. The highest BCUT2D eigenvalue weighted by molar-refractivity contribution is 7.99. The van der Waals surface area contributed by atoms with Gasteiger partial charge in [-0.15, -0.1) is 24.2 Å². The number of carbonyl (C=O) groups excluding carboxylic acids is 1. The SMILES string of the molecule is Cl.Cn1ccnc1C1CNCCN1CC(=O)N1CCSc2ccccc21. The van der Waals surface area contributed by atoms with Crippen LogP contribution in [0.1, 0.15) is 11.9 Å². The summed E-state index contributed by atoms with van der Waals surface area (Å²) in [4.78, 5) is 23.0. The molecular weight excluding hydrogens is 370 g/mol. The van der Waals surface area contributed by atoms with Crippen molar-refractivity contribution in [3.8, 4) is 0 Å². The standard InChI is InChI=1S/C18H23N5OS.ClH/c1-21-8-7-20-18(21)15-12-19-6-9-22(15)13-17(24)23-10-11-25-16-5-3-2-4-14(16)23;/h2-5,7-8,15,19H,6,9-13H2,1H3;1H. The van der Waals surface area contributed by atoms with Gasteiger partial charge in [-0.2, -0.15) is 0 Å². The van der Waals surface area contributed by atoms with E-state index in [1.807, 2.05) is 58.9 Å². The molecule has 3 heterocycles. The van der Waals surface area contributed by atoms with Crippen molar-refractivity contribution in [3.05, 3.63) is 42.5 Å². The number of nitrogens with zero attached hydrogens (tertiary/aromatic N) is 4. The summed E-state index contributed by atoms with van der Waals surface area (Å²) in [5.74, 6) is 2.14. The molecule has 0 aliphatic carbocycles. The molecule has 6 nitrogen and oxygen atoms in total. The Morgan fingerprint density at radius 3 is 3.00 bits per heavy atom. The third-order valence-electron chi connectivity index (χ3n) is 4.88. The Hall–Kier alpha value is -1.54. The van der Waals surface area contributed by atoms with Gasteiger partial charge in [-0.05, 0) is 12.1 Å². The fraction of sp³-hybridized carbons (Fsp3) is 0.444. The highest BCUT2D eigenvalue weighted by Gasteiger charge is 2.31. The molecule has 1 saturated heterocycles. The molecule has 0 bridgehead atoms. The number of hydrogen-bond donors (Lipinski definition) is 1. The van der Waals surface area contributed by atoms with Crippen molar-refractivity contribution in [2.75, 3.05) is 43.4 Å². The van der Waals surface area contributed by atoms with E-state index < -0.39 is 0 Å². The number of para-hydroxylation sites is 1. The molecular formula is C18H24ClN5OS. The highest BCUT2D eigenvalue weighted by Crippen LogP contribution is 2.34. The van der Waals surface area contributed by atoms with E-state index in [-0.39, 0.29) is 24.4 Å². The van der Waals surface area contributed by atoms with Crippen molar-refractivity contribution in [1.82, 2.24) is 19.8 Å². The second kappa shape index (κ2) is 8.43. The average Bonchev–Trinajstić information content (AvgIpc) is 3.07. The van der Waals surface area contributed by atoms with Crippen LogP contribution < -0.4 is 10.2 Å².